The summed E-state index contributed by atoms with van der Waals surface area (Å²) in [5, 5.41) is 3.00. The molecule has 1 N–H and O–H groups in total. The maximum absolute atomic E-state index is 12.6. The molecule has 1 aromatic carbocycles. The van der Waals surface area contributed by atoms with Crippen LogP contribution in [0.25, 0.3) is 0 Å². The van der Waals surface area contributed by atoms with Crippen LogP contribution in [-0.2, 0) is 12.7 Å². The van der Waals surface area contributed by atoms with Gasteiger partial charge in [-0.1, -0.05) is 11.6 Å². The van der Waals surface area contributed by atoms with Gasteiger partial charge in [0.25, 0.3) is 0 Å². The van der Waals surface area contributed by atoms with Gasteiger partial charge in [0.15, 0.2) is 0 Å². The number of aryl methyl sites for hydroxylation is 2. The second kappa shape index (κ2) is 5.36. The minimum absolute atomic E-state index is 0.162. The lowest BCUT2D eigenvalue weighted by Crippen LogP contribution is -2.07. The predicted octanol–water partition coefficient (Wildman–Crippen LogP) is 4.58. The first-order valence-electron chi connectivity index (χ1n) is 5.81. The standard InChI is InChI=1S/C13H12ClF3N2O/c1-7-8(2)20-12(19-7)6-18-11-5-9(13(15,16)17)3-4-10(11)14/h3-5,18H,6H2,1-2H3. The lowest BCUT2D eigenvalue weighted by molar-refractivity contribution is -0.137. The fraction of sp³-hybridized carbons (Fsp3) is 0.308. The van der Waals surface area contributed by atoms with Crippen molar-refractivity contribution >= 4 is 17.3 Å². The number of nitrogens with one attached hydrogen (secondary N) is 1. The molecule has 0 aliphatic rings. The van der Waals surface area contributed by atoms with Crippen LogP contribution in [-0.4, -0.2) is 4.98 Å². The van der Waals surface area contributed by atoms with Crippen molar-refractivity contribution in [2.45, 2.75) is 26.6 Å². The van der Waals surface area contributed by atoms with Crippen LogP contribution >= 0.6 is 11.6 Å². The second-order valence-corrected chi connectivity index (χ2v) is 4.70. The SMILES string of the molecule is Cc1nc(CNc2cc(C(F)(F)F)ccc2Cl)oc1C. The Hall–Kier alpha value is -1.69. The van der Waals surface area contributed by atoms with Crippen molar-refractivity contribution in [1.82, 2.24) is 4.98 Å². The predicted molar refractivity (Wildman–Crippen MR) is 69.8 cm³/mol. The van der Waals surface area contributed by atoms with E-state index in [2.05, 4.69) is 10.3 Å². The van der Waals surface area contributed by atoms with Gasteiger partial charge in [0.2, 0.25) is 5.89 Å². The van der Waals surface area contributed by atoms with Crippen molar-refractivity contribution in [3.63, 3.8) is 0 Å². The number of aromatic nitrogens is 1. The molecule has 2 aromatic rings. The van der Waals surface area contributed by atoms with E-state index in [1.807, 2.05) is 0 Å². The Balaban J connectivity index is 2.16. The van der Waals surface area contributed by atoms with Gasteiger partial charge in [-0.15, -0.1) is 0 Å². The molecule has 0 aliphatic carbocycles. The van der Waals surface area contributed by atoms with Crippen LogP contribution in [0.1, 0.15) is 22.9 Å². The molecule has 1 heterocycles. The van der Waals surface area contributed by atoms with Crippen LogP contribution < -0.4 is 5.32 Å². The molecule has 0 atom stereocenters. The lowest BCUT2D eigenvalue weighted by Gasteiger charge is -2.11. The number of alkyl halides is 3. The zero-order chi connectivity index (χ0) is 14.9. The highest BCUT2D eigenvalue weighted by molar-refractivity contribution is 6.33. The van der Waals surface area contributed by atoms with Crippen LogP contribution in [0.2, 0.25) is 5.02 Å². The highest BCUT2D eigenvalue weighted by atomic mass is 35.5. The smallest absolute Gasteiger partial charge is 0.416 e. The molecule has 0 aliphatic heterocycles. The van der Waals surface area contributed by atoms with Gasteiger partial charge in [0.1, 0.15) is 5.76 Å². The van der Waals surface area contributed by atoms with Crippen molar-refractivity contribution in [2.24, 2.45) is 0 Å². The van der Waals surface area contributed by atoms with E-state index < -0.39 is 11.7 Å². The first-order valence-corrected chi connectivity index (χ1v) is 6.18. The number of benzene rings is 1. The number of nitrogens with zero attached hydrogens (tertiary/aromatic N) is 1. The molecule has 20 heavy (non-hydrogen) atoms. The van der Waals surface area contributed by atoms with Crippen molar-refractivity contribution in [1.29, 1.82) is 0 Å². The molecule has 0 radical (unpaired) electrons. The van der Waals surface area contributed by atoms with Gasteiger partial charge in [-0.25, -0.2) is 4.98 Å². The van der Waals surface area contributed by atoms with E-state index in [9.17, 15) is 13.2 Å². The summed E-state index contributed by atoms with van der Waals surface area (Å²) in [6.45, 7) is 3.72. The third-order valence-corrected chi connectivity index (χ3v) is 3.13. The third-order valence-electron chi connectivity index (χ3n) is 2.80. The van der Waals surface area contributed by atoms with E-state index in [-0.39, 0.29) is 17.3 Å². The Morgan fingerprint density at radius 3 is 2.55 bits per heavy atom. The van der Waals surface area contributed by atoms with Gasteiger partial charge in [-0.2, -0.15) is 13.2 Å². The Bertz CT molecular complexity index is 603. The van der Waals surface area contributed by atoms with Crippen LogP contribution in [0, 0.1) is 13.8 Å². The summed E-state index contributed by atoms with van der Waals surface area (Å²) in [5.74, 6) is 1.07. The fourth-order valence-electron chi connectivity index (χ4n) is 1.62. The van der Waals surface area contributed by atoms with E-state index in [1.165, 1.54) is 6.07 Å². The molecule has 0 spiro atoms. The summed E-state index contributed by atoms with van der Waals surface area (Å²) in [7, 11) is 0. The second-order valence-electron chi connectivity index (χ2n) is 4.30. The fourth-order valence-corrected chi connectivity index (χ4v) is 1.81. The molecule has 1 aromatic heterocycles. The zero-order valence-corrected chi connectivity index (χ0v) is 11.6. The van der Waals surface area contributed by atoms with Gasteiger partial charge in [0.05, 0.1) is 28.5 Å². The minimum atomic E-state index is -4.41. The van der Waals surface area contributed by atoms with Gasteiger partial charge >= 0.3 is 6.18 Å². The maximum atomic E-state index is 12.6. The molecule has 2 rings (SSSR count). The zero-order valence-electron chi connectivity index (χ0n) is 10.8. The molecular formula is C13H12ClF3N2O. The number of rotatable bonds is 3. The molecule has 0 unspecified atom stereocenters. The van der Waals surface area contributed by atoms with E-state index >= 15 is 0 Å². The normalized spacial score (nSPS) is 11.7. The summed E-state index contributed by atoms with van der Waals surface area (Å²) < 4.78 is 43.2. The summed E-state index contributed by atoms with van der Waals surface area (Å²) in [6.07, 6.45) is -4.41. The van der Waals surface area contributed by atoms with Crippen LogP contribution in [0.4, 0.5) is 18.9 Å². The monoisotopic (exact) mass is 304 g/mol. The topological polar surface area (TPSA) is 38.1 Å². The number of oxazole rings is 1. The number of anilines is 1. The van der Waals surface area contributed by atoms with Gasteiger partial charge in [0, 0.05) is 0 Å². The van der Waals surface area contributed by atoms with E-state index in [1.54, 1.807) is 13.8 Å². The average molecular weight is 305 g/mol. The molecule has 0 fully saturated rings. The van der Waals surface area contributed by atoms with Crippen molar-refractivity contribution in [3.8, 4) is 0 Å². The van der Waals surface area contributed by atoms with Crippen molar-refractivity contribution < 1.29 is 17.6 Å². The Labute approximate surface area is 118 Å². The van der Waals surface area contributed by atoms with Gasteiger partial charge in [-0.3, -0.25) is 0 Å². The number of hydrogen-bond acceptors (Lipinski definition) is 3. The maximum Gasteiger partial charge on any atom is 0.416 e. The average Bonchev–Trinajstić information content (AvgIpc) is 2.66. The highest BCUT2D eigenvalue weighted by Gasteiger charge is 2.30. The molecular weight excluding hydrogens is 293 g/mol. The minimum Gasteiger partial charge on any atom is -0.444 e. The number of hydrogen-bond donors (Lipinski definition) is 1. The molecule has 0 saturated carbocycles. The first-order chi connectivity index (χ1) is 9.27. The van der Waals surface area contributed by atoms with Crippen LogP contribution in [0.5, 0.6) is 0 Å². The summed E-state index contributed by atoms with van der Waals surface area (Å²) >= 11 is 5.87. The third kappa shape index (κ3) is 3.25. The Morgan fingerprint density at radius 1 is 1.30 bits per heavy atom. The largest absolute Gasteiger partial charge is 0.444 e. The van der Waals surface area contributed by atoms with Crippen LogP contribution in [0.15, 0.2) is 22.6 Å². The molecule has 0 bridgehead atoms. The first kappa shape index (κ1) is 14.7. The summed E-state index contributed by atoms with van der Waals surface area (Å²) in [4.78, 5) is 4.13. The summed E-state index contributed by atoms with van der Waals surface area (Å²) in [6, 6.07) is 3.11. The molecule has 3 nitrogen and oxygen atoms in total. The lowest BCUT2D eigenvalue weighted by atomic mass is 10.2. The highest BCUT2D eigenvalue weighted by Crippen LogP contribution is 2.33. The molecule has 7 heteroatoms. The molecule has 0 amide bonds. The van der Waals surface area contributed by atoms with Crippen LogP contribution in [0.3, 0.4) is 0 Å². The molecule has 0 saturated heterocycles. The molecule has 108 valence electrons. The quantitative estimate of drug-likeness (QED) is 0.902. The summed E-state index contributed by atoms with van der Waals surface area (Å²) in [5.41, 5.74) is 0.177. The van der Waals surface area contributed by atoms with Crippen molar-refractivity contribution in [3.05, 3.63) is 46.1 Å². The Morgan fingerprint density at radius 2 is 2.00 bits per heavy atom. The van der Waals surface area contributed by atoms with E-state index in [0.717, 1.165) is 17.8 Å². The van der Waals surface area contributed by atoms with E-state index in [4.69, 9.17) is 16.0 Å². The number of halogens is 4. The Kier molecular flexibility index (Phi) is 3.94. The van der Waals surface area contributed by atoms with Crippen molar-refractivity contribution in [2.75, 3.05) is 5.32 Å². The van der Waals surface area contributed by atoms with Gasteiger partial charge in [-0.05, 0) is 32.0 Å². The van der Waals surface area contributed by atoms with E-state index in [0.29, 0.717) is 11.7 Å². The van der Waals surface area contributed by atoms with Gasteiger partial charge < -0.3 is 9.73 Å².